The van der Waals surface area contributed by atoms with Gasteiger partial charge >= 0.3 is 11.9 Å². The zero-order valence-corrected chi connectivity index (χ0v) is 24.4. The number of unbranched alkanes of at least 4 members (excludes halogenated alkanes) is 2. The van der Waals surface area contributed by atoms with Gasteiger partial charge in [-0.1, -0.05) is 13.2 Å². The van der Waals surface area contributed by atoms with Crippen LogP contribution >= 0.6 is 0 Å². The first-order valence-electron chi connectivity index (χ1n) is 13.8. The molecule has 0 bridgehead atoms. The molecule has 0 aromatic heterocycles. The number of aromatic carboxylic acids is 2. The Morgan fingerprint density at radius 2 is 0.864 bits per heavy atom. The zero-order chi connectivity index (χ0) is 32.7. The number of ether oxygens (including phenoxy) is 2. The first-order valence-corrected chi connectivity index (χ1v) is 13.8. The molecule has 0 amide bonds. The van der Waals surface area contributed by atoms with Crippen LogP contribution in [0.15, 0.2) is 98.1 Å². The Balaban J connectivity index is 0.000000354. The largest absolute Gasteiger partial charge is 0.508 e. The van der Waals surface area contributed by atoms with E-state index in [0.29, 0.717) is 37.6 Å². The average Bonchev–Trinajstić information content (AvgIpc) is 3.03. The molecule has 234 valence electrons. The van der Waals surface area contributed by atoms with E-state index in [0.717, 1.165) is 25.7 Å². The van der Waals surface area contributed by atoms with Crippen LogP contribution in [0.5, 0.6) is 23.0 Å². The molecule has 10 heteroatoms. The molecule has 0 atom stereocenters. The van der Waals surface area contributed by atoms with Crippen molar-refractivity contribution in [2.24, 2.45) is 0 Å². The van der Waals surface area contributed by atoms with Crippen molar-refractivity contribution in [1.29, 1.82) is 0 Å². The molecule has 0 aliphatic rings. The molecule has 0 spiro atoms. The number of allylic oxidation sites excluding steroid dienone is 2. The second-order valence-corrected chi connectivity index (χ2v) is 9.13. The highest BCUT2D eigenvalue weighted by atomic mass is 16.5. The molecule has 44 heavy (non-hydrogen) atoms. The number of carbonyl (C=O) groups is 4. The Bertz CT molecular complexity index is 1220. The minimum atomic E-state index is -0.954. The maximum atomic E-state index is 10.9. The number of carbonyl (C=O) groups excluding carboxylic acids is 2. The molecular formula is C34H38O10. The minimum absolute atomic E-state index is 0.0424. The van der Waals surface area contributed by atoms with Gasteiger partial charge in [-0.3, -0.25) is 9.59 Å². The number of carboxylic acid groups (broad SMARTS) is 2. The van der Waals surface area contributed by atoms with Gasteiger partial charge in [0.25, 0.3) is 0 Å². The number of hydrogen-bond donors (Lipinski definition) is 4. The lowest BCUT2D eigenvalue weighted by Gasteiger charge is -2.05. The predicted octanol–water partition coefficient (Wildman–Crippen LogP) is 6.48. The molecule has 3 aromatic carbocycles. The van der Waals surface area contributed by atoms with E-state index in [4.69, 9.17) is 29.9 Å². The Morgan fingerprint density at radius 3 is 1.14 bits per heavy atom. The van der Waals surface area contributed by atoms with Gasteiger partial charge in [0.15, 0.2) is 11.6 Å². The van der Waals surface area contributed by atoms with Crippen molar-refractivity contribution in [3.05, 3.63) is 109 Å². The summed E-state index contributed by atoms with van der Waals surface area (Å²) in [6, 6.07) is 18.2. The summed E-state index contributed by atoms with van der Waals surface area (Å²) in [6.45, 7) is 7.82. The van der Waals surface area contributed by atoms with Gasteiger partial charge in [0.2, 0.25) is 0 Å². The smallest absolute Gasteiger partial charge is 0.335 e. The van der Waals surface area contributed by atoms with Gasteiger partial charge in [0, 0.05) is 12.8 Å². The lowest BCUT2D eigenvalue weighted by molar-refractivity contribution is -0.115. The summed E-state index contributed by atoms with van der Waals surface area (Å²) in [5.74, 6) is -0.216. The molecule has 0 aliphatic carbocycles. The highest BCUT2D eigenvalue weighted by Gasteiger charge is 2.03. The Hall–Kier alpha value is -5.38. The summed E-state index contributed by atoms with van der Waals surface area (Å²) in [7, 11) is 0. The predicted molar refractivity (Wildman–Crippen MR) is 166 cm³/mol. The number of rotatable bonds is 16. The van der Waals surface area contributed by atoms with Gasteiger partial charge in [0.05, 0.1) is 24.3 Å². The van der Waals surface area contributed by atoms with Crippen LogP contribution in [0.25, 0.3) is 0 Å². The maximum Gasteiger partial charge on any atom is 0.335 e. The van der Waals surface area contributed by atoms with E-state index in [9.17, 15) is 19.2 Å². The molecule has 3 aromatic rings. The van der Waals surface area contributed by atoms with E-state index in [1.807, 2.05) is 0 Å². The fourth-order valence-corrected chi connectivity index (χ4v) is 3.23. The van der Waals surface area contributed by atoms with Crippen molar-refractivity contribution in [1.82, 2.24) is 0 Å². The third kappa shape index (κ3) is 16.8. The lowest BCUT2D eigenvalue weighted by atomic mass is 10.2. The number of carboxylic acids is 2. The number of phenols is 2. The first-order chi connectivity index (χ1) is 21.0. The summed E-state index contributed by atoms with van der Waals surface area (Å²) in [4.78, 5) is 43.1. The van der Waals surface area contributed by atoms with E-state index in [-0.39, 0.29) is 34.2 Å². The Labute approximate surface area is 256 Å². The van der Waals surface area contributed by atoms with Crippen LogP contribution in [0.1, 0.15) is 59.2 Å². The van der Waals surface area contributed by atoms with Gasteiger partial charge in [-0.25, -0.2) is 9.59 Å². The quantitative estimate of drug-likeness (QED) is 0.0805. The Kier molecular flexibility index (Phi) is 17.8. The van der Waals surface area contributed by atoms with E-state index >= 15 is 0 Å². The number of phenolic OH excluding ortho intramolecular Hbond substituents is 2. The minimum Gasteiger partial charge on any atom is -0.508 e. The SMILES string of the molecule is C=CC(=O)CCCCOc1ccc(C(=O)O)cc1.C=CC(=O)CCCCOc1ccc(C(=O)O)cc1.Oc1ccc(O)cc1. The third-order valence-electron chi connectivity index (χ3n) is 5.68. The van der Waals surface area contributed by atoms with Gasteiger partial charge in [-0.2, -0.15) is 0 Å². The van der Waals surface area contributed by atoms with Crippen LogP contribution in [-0.4, -0.2) is 57.1 Å². The number of ketones is 2. The first kappa shape index (κ1) is 36.6. The topological polar surface area (TPSA) is 168 Å². The van der Waals surface area contributed by atoms with Crippen LogP contribution in [0.3, 0.4) is 0 Å². The van der Waals surface area contributed by atoms with Gasteiger partial charge < -0.3 is 29.9 Å². The van der Waals surface area contributed by atoms with E-state index in [1.54, 1.807) is 24.3 Å². The number of benzene rings is 3. The molecular weight excluding hydrogens is 568 g/mol. The molecule has 0 radical (unpaired) electrons. The zero-order valence-electron chi connectivity index (χ0n) is 24.4. The number of aromatic hydroxyl groups is 2. The van der Waals surface area contributed by atoms with Crippen molar-refractivity contribution in [3.8, 4) is 23.0 Å². The summed E-state index contributed by atoms with van der Waals surface area (Å²) in [6.07, 6.45) is 6.71. The second-order valence-electron chi connectivity index (χ2n) is 9.13. The summed E-state index contributed by atoms with van der Waals surface area (Å²) in [5, 5.41) is 34.7. The van der Waals surface area contributed by atoms with Gasteiger partial charge in [-0.05, 0) is 111 Å². The van der Waals surface area contributed by atoms with Gasteiger partial charge in [-0.15, -0.1) is 0 Å². The fraction of sp³-hybridized carbons (Fsp3) is 0.235. The van der Waals surface area contributed by atoms with Crippen molar-refractivity contribution in [3.63, 3.8) is 0 Å². The molecule has 0 unspecified atom stereocenters. The molecule has 3 rings (SSSR count). The van der Waals surface area contributed by atoms with Crippen molar-refractivity contribution in [2.75, 3.05) is 13.2 Å². The monoisotopic (exact) mass is 606 g/mol. The third-order valence-corrected chi connectivity index (χ3v) is 5.68. The van der Waals surface area contributed by atoms with Crippen LogP contribution in [-0.2, 0) is 9.59 Å². The Morgan fingerprint density at radius 1 is 0.545 bits per heavy atom. The summed E-state index contributed by atoms with van der Waals surface area (Å²) in [5.41, 5.74) is 0.470. The average molecular weight is 607 g/mol. The normalized spacial score (nSPS) is 9.64. The van der Waals surface area contributed by atoms with Crippen molar-refractivity contribution < 1.29 is 49.1 Å². The molecule has 4 N–H and O–H groups in total. The number of hydrogen-bond acceptors (Lipinski definition) is 8. The fourth-order valence-electron chi connectivity index (χ4n) is 3.23. The summed E-state index contributed by atoms with van der Waals surface area (Å²) >= 11 is 0. The van der Waals surface area contributed by atoms with E-state index in [1.165, 1.54) is 60.7 Å². The van der Waals surface area contributed by atoms with Crippen LogP contribution in [0.2, 0.25) is 0 Å². The standard InChI is InChI=1S/2C14H16O4.C6H6O2/c2*1-2-12(15)5-3-4-10-18-13-8-6-11(7-9-13)14(16)17;7-5-1-2-6(8)4-3-5/h2*2,6-9H,1,3-5,10H2,(H,16,17);1-4,7-8H. The van der Waals surface area contributed by atoms with Crippen LogP contribution in [0, 0.1) is 0 Å². The maximum absolute atomic E-state index is 10.9. The summed E-state index contributed by atoms with van der Waals surface area (Å²) < 4.78 is 10.9. The molecule has 0 heterocycles. The molecule has 10 nitrogen and oxygen atoms in total. The van der Waals surface area contributed by atoms with Crippen LogP contribution < -0.4 is 9.47 Å². The molecule has 0 saturated heterocycles. The highest BCUT2D eigenvalue weighted by Crippen LogP contribution is 2.15. The molecule has 0 saturated carbocycles. The highest BCUT2D eigenvalue weighted by molar-refractivity contribution is 5.89. The molecule has 0 fully saturated rings. The van der Waals surface area contributed by atoms with Crippen molar-refractivity contribution >= 4 is 23.5 Å². The van der Waals surface area contributed by atoms with Gasteiger partial charge in [0.1, 0.15) is 23.0 Å². The van der Waals surface area contributed by atoms with Crippen molar-refractivity contribution in [2.45, 2.75) is 38.5 Å². The van der Waals surface area contributed by atoms with E-state index in [2.05, 4.69) is 13.2 Å². The molecule has 0 aliphatic heterocycles. The second kappa shape index (κ2) is 21.3. The van der Waals surface area contributed by atoms with E-state index < -0.39 is 11.9 Å². The lowest BCUT2D eigenvalue weighted by Crippen LogP contribution is -2.00. The van der Waals surface area contributed by atoms with Crippen LogP contribution in [0.4, 0.5) is 0 Å².